The Labute approximate surface area is 127 Å². The first kappa shape index (κ1) is 12.8. The number of nitrogens with zero attached hydrogens (tertiary/aromatic N) is 4. The first-order valence-electron chi connectivity index (χ1n) is 7.17. The van der Waals surface area contributed by atoms with Crippen LogP contribution in [0.4, 0.5) is 0 Å². The van der Waals surface area contributed by atoms with E-state index in [1.165, 1.54) is 11.1 Å². The molecular weight excluding hydrogens is 274 g/mol. The van der Waals surface area contributed by atoms with E-state index in [1.807, 2.05) is 29.2 Å². The van der Waals surface area contributed by atoms with Gasteiger partial charge in [-0.15, -0.1) is 5.10 Å². The number of fused-ring (bicyclic) bond motifs is 1. The average Bonchev–Trinajstić information content (AvgIpc) is 3.17. The summed E-state index contributed by atoms with van der Waals surface area (Å²) in [5.74, 6) is 0. The van der Waals surface area contributed by atoms with Crippen LogP contribution in [-0.2, 0) is 6.54 Å². The van der Waals surface area contributed by atoms with Crippen molar-refractivity contribution in [3.63, 3.8) is 0 Å². The fraction of sp³-hybridized carbons (Fsp3) is 0.118. The highest BCUT2D eigenvalue weighted by Crippen LogP contribution is 2.21. The number of H-pyrrole nitrogens is 1. The van der Waals surface area contributed by atoms with Gasteiger partial charge in [0.05, 0.1) is 24.5 Å². The molecule has 0 fully saturated rings. The summed E-state index contributed by atoms with van der Waals surface area (Å²) in [7, 11) is 0. The van der Waals surface area contributed by atoms with Crippen molar-refractivity contribution in [1.82, 2.24) is 25.2 Å². The Hall–Kier alpha value is -2.95. The van der Waals surface area contributed by atoms with E-state index < -0.39 is 0 Å². The van der Waals surface area contributed by atoms with E-state index in [-0.39, 0.29) is 0 Å². The Balaban J connectivity index is 1.61. The molecule has 0 aliphatic carbocycles. The quantitative estimate of drug-likeness (QED) is 0.630. The third kappa shape index (κ3) is 2.37. The number of hydrogen-bond acceptors (Lipinski definition) is 3. The molecule has 108 valence electrons. The maximum absolute atomic E-state index is 4.27. The van der Waals surface area contributed by atoms with Crippen molar-refractivity contribution in [3.05, 3.63) is 66.0 Å². The van der Waals surface area contributed by atoms with E-state index in [0.717, 1.165) is 28.7 Å². The monoisotopic (exact) mass is 289 g/mol. The molecule has 2 aromatic heterocycles. The molecule has 5 heteroatoms. The number of aryl methyl sites for hydroxylation is 1. The van der Waals surface area contributed by atoms with Crippen LogP contribution in [0.15, 0.2) is 54.9 Å². The maximum Gasteiger partial charge on any atom is 0.113 e. The number of benzene rings is 2. The van der Waals surface area contributed by atoms with Crippen LogP contribution in [0.2, 0.25) is 0 Å². The minimum atomic E-state index is 0.723. The summed E-state index contributed by atoms with van der Waals surface area (Å²) in [6.07, 6.45) is 3.79. The molecule has 0 bridgehead atoms. The van der Waals surface area contributed by atoms with Crippen LogP contribution in [0.5, 0.6) is 0 Å². The molecule has 0 spiro atoms. The predicted octanol–water partition coefficient (Wildman–Crippen LogP) is 3.18. The summed E-state index contributed by atoms with van der Waals surface area (Å²) in [6, 6.07) is 14.6. The molecule has 1 N–H and O–H groups in total. The largest absolute Gasteiger partial charge is 0.278 e. The van der Waals surface area contributed by atoms with Crippen LogP contribution in [0.1, 0.15) is 11.1 Å². The van der Waals surface area contributed by atoms with Crippen LogP contribution in [-0.4, -0.2) is 25.2 Å². The molecular formula is C17H15N5. The number of nitrogens with one attached hydrogen (secondary N) is 1. The van der Waals surface area contributed by atoms with Gasteiger partial charge in [-0.05, 0) is 24.6 Å². The lowest BCUT2D eigenvalue weighted by atomic mass is 10.1. The van der Waals surface area contributed by atoms with E-state index in [2.05, 4.69) is 57.8 Å². The lowest BCUT2D eigenvalue weighted by molar-refractivity contribution is 0.649. The van der Waals surface area contributed by atoms with E-state index in [1.54, 1.807) is 0 Å². The van der Waals surface area contributed by atoms with Crippen molar-refractivity contribution in [1.29, 1.82) is 0 Å². The lowest BCUT2D eigenvalue weighted by Gasteiger charge is -2.01. The third-order valence-corrected chi connectivity index (χ3v) is 3.74. The Morgan fingerprint density at radius 1 is 1.09 bits per heavy atom. The summed E-state index contributed by atoms with van der Waals surface area (Å²) >= 11 is 0. The van der Waals surface area contributed by atoms with Crippen molar-refractivity contribution >= 4 is 10.9 Å². The van der Waals surface area contributed by atoms with Gasteiger partial charge < -0.3 is 0 Å². The summed E-state index contributed by atoms with van der Waals surface area (Å²) < 4.78 is 1.86. The molecule has 2 heterocycles. The molecule has 0 saturated carbocycles. The van der Waals surface area contributed by atoms with Gasteiger partial charge in [0, 0.05) is 10.9 Å². The number of aromatic amines is 1. The highest BCUT2D eigenvalue weighted by atomic mass is 15.4. The Kier molecular flexibility index (Phi) is 2.96. The van der Waals surface area contributed by atoms with Crippen molar-refractivity contribution < 1.29 is 0 Å². The smallest absolute Gasteiger partial charge is 0.113 e. The van der Waals surface area contributed by atoms with Gasteiger partial charge in [0.25, 0.3) is 0 Å². The third-order valence-electron chi connectivity index (χ3n) is 3.74. The van der Waals surface area contributed by atoms with Crippen LogP contribution in [0.3, 0.4) is 0 Å². The van der Waals surface area contributed by atoms with Crippen molar-refractivity contribution in [2.45, 2.75) is 13.5 Å². The van der Waals surface area contributed by atoms with Crippen molar-refractivity contribution in [2.24, 2.45) is 0 Å². The molecule has 0 aliphatic heterocycles. The standard InChI is InChI=1S/C17H15N5/c1-12-2-4-13(5-3-12)10-22-11-17(20-21-22)14-6-7-16-15(8-14)9-18-19-16/h2-9,11H,10H2,1H3,(H,18,19). The maximum atomic E-state index is 4.27. The van der Waals surface area contributed by atoms with E-state index >= 15 is 0 Å². The number of aromatic nitrogens is 5. The van der Waals surface area contributed by atoms with E-state index in [9.17, 15) is 0 Å². The second-order valence-electron chi connectivity index (χ2n) is 5.46. The Bertz CT molecular complexity index is 918. The summed E-state index contributed by atoms with van der Waals surface area (Å²) in [5, 5.41) is 16.6. The average molecular weight is 289 g/mol. The van der Waals surface area contributed by atoms with Gasteiger partial charge in [-0.3, -0.25) is 5.10 Å². The zero-order valence-electron chi connectivity index (χ0n) is 12.2. The van der Waals surface area contributed by atoms with E-state index in [0.29, 0.717) is 0 Å². The van der Waals surface area contributed by atoms with Crippen LogP contribution in [0, 0.1) is 6.92 Å². The molecule has 0 atom stereocenters. The number of rotatable bonds is 3. The zero-order valence-corrected chi connectivity index (χ0v) is 12.2. The highest BCUT2D eigenvalue weighted by molar-refractivity contribution is 5.83. The fourth-order valence-electron chi connectivity index (χ4n) is 2.49. The Morgan fingerprint density at radius 3 is 2.82 bits per heavy atom. The van der Waals surface area contributed by atoms with Gasteiger partial charge >= 0.3 is 0 Å². The lowest BCUT2D eigenvalue weighted by Crippen LogP contribution is -2.00. The molecule has 5 nitrogen and oxygen atoms in total. The Morgan fingerprint density at radius 2 is 1.95 bits per heavy atom. The topological polar surface area (TPSA) is 59.4 Å². The SMILES string of the molecule is Cc1ccc(Cn2cc(-c3ccc4[nH]ncc4c3)nn2)cc1. The van der Waals surface area contributed by atoms with Gasteiger partial charge in [0.1, 0.15) is 5.69 Å². The molecule has 4 aromatic rings. The summed E-state index contributed by atoms with van der Waals surface area (Å²) in [6.45, 7) is 2.81. The molecule has 22 heavy (non-hydrogen) atoms. The molecule has 4 rings (SSSR count). The minimum absolute atomic E-state index is 0.723. The van der Waals surface area contributed by atoms with Gasteiger partial charge in [-0.1, -0.05) is 41.1 Å². The molecule has 0 unspecified atom stereocenters. The second-order valence-corrected chi connectivity index (χ2v) is 5.46. The summed E-state index contributed by atoms with van der Waals surface area (Å²) in [4.78, 5) is 0. The fourth-order valence-corrected chi connectivity index (χ4v) is 2.49. The molecule has 2 aromatic carbocycles. The summed E-state index contributed by atoms with van der Waals surface area (Å²) in [5.41, 5.74) is 5.42. The van der Waals surface area contributed by atoms with Crippen LogP contribution in [0.25, 0.3) is 22.2 Å². The molecule has 0 saturated heterocycles. The highest BCUT2D eigenvalue weighted by Gasteiger charge is 2.06. The molecule has 0 radical (unpaired) electrons. The van der Waals surface area contributed by atoms with Crippen molar-refractivity contribution in [3.8, 4) is 11.3 Å². The molecule has 0 aliphatic rings. The van der Waals surface area contributed by atoms with Crippen LogP contribution >= 0.6 is 0 Å². The minimum Gasteiger partial charge on any atom is -0.278 e. The first-order chi connectivity index (χ1) is 10.8. The van der Waals surface area contributed by atoms with Crippen LogP contribution < -0.4 is 0 Å². The van der Waals surface area contributed by atoms with Crippen molar-refractivity contribution in [2.75, 3.05) is 0 Å². The predicted molar refractivity (Wildman–Crippen MR) is 85.4 cm³/mol. The van der Waals surface area contributed by atoms with Gasteiger partial charge in [0.2, 0.25) is 0 Å². The second kappa shape index (κ2) is 5.11. The van der Waals surface area contributed by atoms with Gasteiger partial charge in [-0.25, -0.2) is 4.68 Å². The zero-order chi connectivity index (χ0) is 14.9. The molecule has 0 amide bonds. The number of hydrogen-bond donors (Lipinski definition) is 1. The first-order valence-corrected chi connectivity index (χ1v) is 7.17. The van der Waals surface area contributed by atoms with Gasteiger partial charge in [0.15, 0.2) is 0 Å². The van der Waals surface area contributed by atoms with Gasteiger partial charge in [-0.2, -0.15) is 5.10 Å². The normalized spacial score (nSPS) is 11.1. The van der Waals surface area contributed by atoms with E-state index in [4.69, 9.17) is 0 Å².